The number of aromatic nitrogens is 1. The number of nitrogens with zero attached hydrogens (tertiary/aromatic N) is 2. The number of carbonyl (C=O) groups is 4. The van der Waals surface area contributed by atoms with E-state index >= 15 is 0 Å². The third-order valence-electron chi connectivity index (χ3n) is 4.98. The molecule has 0 atom stereocenters. The highest BCUT2D eigenvalue weighted by Gasteiger charge is 2.39. The zero-order valence-electron chi connectivity index (χ0n) is 18.9. The van der Waals surface area contributed by atoms with Crippen molar-refractivity contribution >= 4 is 79.1 Å². The fourth-order valence-electron chi connectivity index (χ4n) is 3.32. The zero-order valence-corrected chi connectivity index (χ0v) is 22.1. The Kier molecular flexibility index (Phi) is 7.53. The van der Waals surface area contributed by atoms with Gasteiger partial charge < -0.3 is 10.1 Å². The molecular formula is C24H18BrClN4O5S. The molecule has 36 heavy (non-hydrogen) atoms. The number of benzene rings is 2. The molecule has 3 aromatic rings. The average Bonchev–Trinajstić information content (AvgIpc) is 3.32. The maximum absolute atomic E-state index is 13.0. The van der Waals surface area contributed by atoms with Gasteiger partial charge in [-0.3, -0.25) is 19.7 Å². The molecular weight excluding hydrogens is 572 g/mol. The first-order valence-corrected chi connectivity index (χ1v) is 12.6. The summed E-state index contributed by atoms with van der Waals surface area (Å²) in [6.45, 7) is 3.58. The number of rotatable bonds is 7. The Morgan fingerprint density at radius 1 is 1.14 bits per heavy atom. The predicted molar refractivity (Wildman–Crippen MR) is 140 cm³/mol. The van der Waals surface area contributed by atoms with Crippen molar-refractivity contribution in [2.24, 2.45) is 0 Å². The summed E-state index contributed by atoms with van der Waals surface area (Å²) < 4.78 is 5.79. The minimum atomic E-state index is -0.656. The Bertz CT molecular complexity index is 1420. The van der Waals surface area contributed by atoms with Gasteiger partial charge in [0.15, 0.2) is 5.13 Å². The van der Waals surface area contributed by atoms with Crippen molar-refractivity contribution in [3.8, 4) is 0 Å². The number of aryl methyl sites for hydroxylation is 1. The Morgan fingerprint density at radius 3 is 2.56 bits per heavy atom. The van der Waals surface area contributed by atoms with Gasteiger partial charge >= 0.3 is 5.97 Å². The Morgan fingerprint density at radius 2 is 1.86 bits per heavy atom. The smallest absolute Gasteiger partial charge is 0.350 e. The SMILES string of the molecule is CCOC(=O)c1sc(NC(=O)c2cccc(NC3=C(Cl)C(=O)N(c4ccc(Br)cc4)C3=O)c2)nc1C. The van der Waals surface area contributed by atoms with Gasteiger partial charge in [0.25, 0.3) is 17.7 Å². The third kappa shape index (κ3) is 5.18. The third-order valence-corrected chi connectivity index (χ3v) is 6.92. The van der Waals surface area contributed by atoms with E-state index in [4.69, 9.17) is 16.3 Å². The maximum atomic E-state index is 13.0. The first kappa shape index (κ1) is 25.5. The van der Waals surface area contributed by atoms with E-state index in [2.05, 4.69) is 31.5 Å². The van der Waals surface area contributed by atoms with E-state index in [0.717, 1.165) is 20.7 Å². The fraction of sp³-hybridized carbons (Fsp3) is 0.125. The van der Waals surface area contributed by atoms with Crippen LogP contribution in [-0.4, -0.2) is 35.3 Å². The highest BCUT2D eigenvalue weighted by atomic mass is 79.9. The van der Waals surface area contributed by atoms with E-state index in [1.165, 1.54) is 6.07 Å². The molecule has 0 fully saturated rings. The second-order valence-electron chi connectivity index (χ2n) is 7.43. The summed E-state index contributed by atoms with van der Waals surface area (Å²) in [5.41, 5.74) is 1.35. The molecule has 1 aromatic heterocycles. The van der Waals surface area contributed by atoms with Crippen LogP contribution in [0.2, 0.25) is 0 Å². The molecule has 0 bridgehead atoms. The van der Waals surface area contributed by atoms with Gasteiger partial charge in [-0.05, 0) is 56.3 Å². The van der Waals surface area contributed by atoms with Crippen LogP contribution in [0, 0.1) is 6.92 Å². The van der Waals surface area contributed by atoms with Crippen LogP contribution in [-0.2, 0) is 14.3 Å². The lowest BCUT2D eigenvalue weighted by Gasteiger charge is -2.15. The molecule has 2 aromatic carbocycles. The van der Waals surface area contributed by atoms with Crippen LogP contribution >= 0.6 is 38.9 Å². The van der Waals surface area contributed by atoms with Crippen LogP contribution in [0.3, 0.4) is 0 Å². The number of anilines is 3. The Hall–Kier alpha value is -3.54. The molecule has 0 radical (unpaired) electrons. The number of thiazole rings is 1. The first-order valence-electron chi connectivity index (χ1n) is 10.6. The lowest BCUT2D eigenvalue weighted by molar-refractivity contribution is -0.120. The molecule has 1 aliphatic rings. The number of nitrogens with one attached hydrogen (secondary N) is 2. The van der Waals surface area contributed by atoms with Crippen molar-refractivity contribution in [1.29, 1.82) is 0 Å². The first-order chi connectivity index (χ1) is 17.2. The predicted octanol–water partition coefficient (Wildman–Crippen LogP) is 5.08. The van der Waals surface area contributed by atoms with Gasteiger partial charge in [-0.1, -0.05) is 44.9 Å². The monoisotopic (exact) mass is 588 g/mol. The van der Waals surface area contributed by atoms with Crippen LogP contribution in [0.1, 0.15) is 32.6 Å². The number of ether oxygens (including phenoxy) is 1. The van der Waals surface area contributed by atoms with Gasteiger partial charge in [-0.15, -0.1) is 0 Å². The molecule has 0 saturated carbocycles. The van der Waals surface area contributed by atoms with Gasteiger partial charge in [0, 0.05) is 15.7 Å². The van der Waals surface area contributed by atoms with E-state index in [-0.39, 0.29) is 28.0 Å². The maximum Gasteiger partial charge on any atom is 0.350 e. The quantitative estimate of drug-likeness (QED) is 0.292. The molecule has 0 unspecified atom stereocenters. The zero-order chi connectivity index (χ0) is 26.0. The molecule has 2 heterocycles. The minimum Gasteiger partial charge on any atom is -0.462 e. The number of hydrogen-bond acceptors (Lipinski definition) is 8. The highest BCUT2D eigenvalue weighted by Crippen LogP contribution is 2.31. The van der Waals surface area contributed by atoms with Crippen molar-refractivity contribution in [1.82, 2.24) is 4.98 Å². The van der Waals surface area contributed by atoms with Crippen LogP contribution in [0.4, 0.5) is 16.5 Å². The molecule has 0 aliphatic carbocycles. The summed E-state index contributed by atoms with van der Waals surface area (Å²) >= 11 is 10.5. The molecule has 0 spiro atoms. The number of halogens is 2. The van der Waals surface area contributed by atoms with Crippen molar-refractivity contribution in [2.45, 2.75) is 13.8 Å². The van der Waals surface area contributed by atoms with E-state index in [1.54, 1.807) is 56.3 Å². The summed E-state index contributed by atoms with van der Waals surface area (Å²) in [7, 11) is 0. The number of carbonyl (C=O) groups excluding carboxylic acids is 4. The number of hydrogen-bond donors (Lipinski definition) is 2. The van der Waals surface area contributed by atoms with Gasteiger partial charge in [-0.2, -0.15) is 0 Å². The van der Waals surface area contributed by atoms with Crippen molar-refractivity contribution in [2.75, 3.05) is 22.1 Å². The van der Waals surface area contributed by atoms with E-state index < -0.39 is 23.7 Å². The highest BCUT2D eigenvalue weighted by molar-refractivity contribution is 9.10. The van der Waals surface area contributed by atoms with E-state index in [0.29, 0.717) is 21.9 Å². The lowest BCUT2D eigenvalue weighted by Crippen LogP contribution is -2.32. The molecule has 3 amide bonds. The second kappa shape index (κ2) is 10.6. The lowest BCUT2D eigenvalue weighted by atomic mass is 10.2. The Labute approximate surface area is 223 Å². The molecule has 1 aliphatic heterocycles. The van der Waals surface area contributed by atoms with Crippen molar-refractivity contribution < 1.29 is 23.9 Å². The number of amides is 3. The summed E-state index contributed by atoms with van der Waals surface area (Å²) in [6, 6.07) is 12.9. The van der Waals surface area contributed by atoms with Gasteiger partial charge in [0.2, 0.25) is 0 Å². The minimum absolute atomic E-state index is 0.100. The average molecular weight is 590 g/mol. The molecule has 2 N–H and O–H groups in total. The molecule has 0 saturated heterocycles. The summed E-state index contributed by atoms with van der Waals surface area (Å²) in [4.78, 5) is 55.9. The number of esters is 1. The van der Waals surface area contributed by atoms with Crippen molar-refractivity contribution in [3.63, 3.8) is 0 Å². The van der Waals surface area contributed by atoms with Crippen LogP contribution < -0.4 is 15.5 Å². The van der Waals surface area contributed by atoms with Gasteiger partial charge in [-0.25, -0.2) is 14.7 Å². The largest absolute Gasteiger partial charge is 0.462 e. The van der Waals surface area contributed by atoms with Gasteiger partial charge in [0.1, 0.15) is 15.6 Å². The summed E-state index contributed by atoms with van der Waals surface area (Å²) in [5.74, 6) is -2.26. The fourth-order valence-corrected chi connectivity index (χ4v) is 4.66. The van der Waals surface area contributed by atoms with Crippen LogP contribution in [0.25, 0.3) is 0 Å². The van der Waals surface area contributed by atoms with Crippen LogP contribution in [0.5, 0.6) is 0 Å². The Balaban J connectivity index is 1.50. The normalized spacial score (nSPS) is 13.3. The number of imide groups is 1. The molecule has 4 rings (SSSR count). The second-order valence-corrected chi connectivity index (χ2v) is 9.72. The van der Waals surface area contributed by atoms with E-state index in [9.17, 15) is 19.2 Å². The van der Waals surface area contributed by atoms with Crippen molar-refractivity contribution in [3.05, 3.63) is 79.9 Å². The molecule has 184 valence electrons. The standard InChI is InChI=1S/C24H18BrClN4O5S/c1-3-35-23(34)19-12(2)27-24(36-19)29-20(31)13-5-4-6-15(11-13)28-18-17(26)21(32)30(22(18)33)16-9-7-14(25)8-10-16/h4-11,28H,3H2,1-2H3,(H,27,29,31). The summed E-state index contributed by atoms with van der Waals surface area (Å²) in [6.07, 6.45) is 0. The van der Waals surface area contributed by atoms with Crippen LogP contribution in [0.15, 0.2) is 63.7 Å². The van der Waals surface area contributed by atoms with Gasteiger partial charge in [0.05, 0.1) is 18.0 Å². The topological polar surface area (TPSA) is 118 Å². The van der Waals surface area contributed by atoms with E-state index in [1.807, 2.05) is 0 Å². The summed E-state index contributed by atoms with van der Waals surface area (Å²) in [5, 5.41) is 5.49. The molecule has 9 nitrogen and oxygen atoms in total. The molecule has 12 heteroatoms.